The zero-order chi connectivity index (χ0) is 31.2. The summed E-state index contributed by atoms with van der Waals surface area (Å²) >= 11 is 7.36. The highest BCUT2D eigenvalue weighted by atomic mass is 35.5. The molecule has 0 bridgehead atoms. The molecule has 232 valence electrons. The topological polar surface area (TPSA) is 85.5 Å². The predicted molar refractivity (Wildman–Crippen MR) is 179 cm³/mol. The summed E-state index contributed by atoms with van der Waals surface area (Å²) in [6.07, 6.45) is 10.1. The lowest BCUT2D eigenvalue weighted by atomic mass is 10.0. The molecule has 45 heavy (non-hydrogen) atoms. The smallest absolute Gasteiger partial charge is 0.264 e. The van der Waals surface area contributed by atoms with Gasteiger partial charge in [0.15, 0.2) is 0 Å². The molecule has 2 aliphatic rings. The van der Waals surface area contributed by atoms with Crippen LogP contribution in [0, 0.1) is 17.2 Å². The second-order valence-electron chi connectivity index (χ2n) is 11.9. The molecule has 0 N–H and O–H groups in total. The highest BCUT2D eigenvalue weighted by Crippen LogP contribution is 2.30. The van der Waals surface area contributed by atoms with Gasteiger partial charge in [-0.1, -0.05) is 49.4 Å². The molecule has 0 spiro atoms. The Balaban J connectivity index is 1.14. The molecular formula is C35H37ClN6O2S. The molecule has 2 amide bonds. The number of halogens is 1. The van der Waals surface area contributed by atoms with Gasteiger partial charge in [-0.25, -0.2) is 4.98 Å². The quantitative estimate of drug-likeness (QED) is 0.187. The van der Waals surface area contributed by atoms with E-state index < -0.39 is 0 Å². The standard InChI is InChI=1S/C35H37ClN6O2S/c36-33-15-14-32(45-33)35(44)40-19-17-39(18-20-40)29-10-12-30(13-11-29)42(34(43)16-9-26-3-1-2-4-26)24-31-22-38-25-41(31)23-28-7-5-27(21-37)6-8-28/h5-8,10-15,22,25-26H,1-4,9,16-20,23-24H2. The fourth-order valence-electron chi connectivity index (χ4n) is 6.35. The SMILES string of the molecule is N#Cc1ccc(Cn2cncc2CN(C(=O)CCC2CCCC2)c2ccc(N3CCN(C(=O)c4ccc(Cl)s4)CC3)cc2)cc1. The number of amides is 2. The van der Waals surface area contributed by atoms with Gasteiger partial charge in [0.2, 0.25) is 5.91 Å². The number of nitrogens with zero attached hydrogens (tertiary/aromatic N) is 6. The second kappa shape index (κ2) is 14.3. The Morgan fingerprint density at radius 1 is 0.978 bits per heavy atom. The van der Waals surface area contributed by atoms with E-state index in [2.05, 4.69) is 32.7 Å². The van der Waals surface area contributed by atoms with Crippen molar-refractivity contribution in [3.05, 3.63) is 99.2 Å². The van der Waals surface area contributed by atoms with Gasteiger partial charge in [-0.15, -0.1) is 11.3 Å². The van der Waals surface area contributed by atoms with Gasteiger partial charge in [0.25, 0.3) is 5.91 Å². The van der Waals surface area contributed by atoms with Crippen molar-refractivity contribution >= 4 is 46.1 Å². The zero-order valence-corrected chi connectivity index (χ0v) is 26.8. The normalized spacial score (nSPS) is 15.3. The highest BCUT2D eigenvalue weighted by Gasteiger charge is 2.25. The van der Waals surface area contributed by atoms with Crippen LogP contribution in [0.3, 0.4) is 0 Å². The summed E-state index contributed by atoms with van der Waals surface area (Å²) in [6.45, 7) is 3.80. The number of piperazine rings is 1. The van der Waals surface area contributed by atoms with E-state index in [1.807, 2.05) is 52.4 Å². The van der Waals surface area contributed by atoms with E-state index in [0.29, 0.717) is 53.3 Å². The van der Waals surface area contributed by atoms with Crippen LogP contribution in [0.5, 0.6) is 0 Å². The maximum Gasteiger partial charge on any atom is 0.264 e. The molecule has 6 rings (SSSR count). The molecule has 3 heterocycles. The first kappa shape index (κ1) is 30.9. The Morgan fingerprint density at radius 3 is 2.38 bits per heavy atom. The van der Waals surface area contributed by atoms with Gasteiger partial charge in [0.1, 0.15) is 0 Å². The summed E-state index contributed by atoms with van der Waals surface area (Å²) in [5, 5.41) is 9.14. The maximum atomic E-state index is 13.8. The molecule has 0 atom stereocenters. The highest BCUT2D eigenvalue weighted by molar-refractivity contribution is 7.17. The lowest BCUT2D eigenvalue weighted by molar-refractivity contribution is -0.119. The molecule has 0 unspecified atom stereocenters. The summed E-state index contributed by atoms with van der Waals surface area (Å²) in [5.74, 6) is 0.802. The summed E-state index contributed by atoms with van der Waals surface area (Å²) in [4.78, 5) is 37.8. The summed E-state index contributed by atoms with van der Waals surface area (Å²) in [6, 6.07) is 21.5. The van der Waals surface area contributed by atoms with Crippen molar-refractivity contribution in [1.29, 1.82) is 5.26 Å². The third-order valence-electron chi connectivity index (χ3n) is 8.97. The van der Waals surface area contributed by atoms with E-state index in [9.17, 15) is 9.59 Å². The van der Waals surface area contributed by atoms with E-state index in [1.54, 1.807) is 18.5 Å². The van der Waals surface area contributed by atoms with E-state index in [-0.39, 0.29) is 11.8 Å². The molecule has 2 aromatic heterocycles. The number of imidazole rings is 1. The number of anilines is 2. The number of carbonyl (C=O) groups excluding carboxylic acids is 2. The van der Waals surface area contributed by atoms with E-state index in [4.69, 9.17) is 16.9 Å². The van der Waals surface area contributed by atoms with E-state index >= 15 is 0 Å². The molecule has 10 heteroatoms. The maximum absolute atomic E-state index is 13.8. The Morgan fingerprint density at radius 2 is 1.71 bits per heavy atom. The van der Waals surface area contributed by atoms with Crippen LogP contribution in [-0.4, -0.2) is 52.4 Å². The number of benzene rings is 2. The number of nitriles is 1. The van der Waals surface area contributed by atoms with E-state index in [0.717, 1.165) is 42.1 Å². The monoisotopic (exact) mass is 640 g/mol. The number of thiophene rings is 1. The van der Waals surface area contributed by atoms with Crippen molar-refractivity contribution in [2.75, 3.05) is 36.0 Å². The second-order valence-corrected chi connectivity index (χ2v) is 13.6. The first-order valence-corrected chi connectivity index (χ1v) is 16.8. The Bertz CT molecular complexity index is 1640. The fourth-order valence-corrected chi connectivity index (χ4v) is 7.36. The lowest BCUT2D eigenvalue weighted by Gasteiger charge is -2.36. The molecule has 1 saturated heterocycles. The molecule has 2 fully saturated rings. The number of hydrogen-bond acceptors (Lipinski definition) is 6. The van der Waals surface area contributed by atoms with Gasteiger partial charge in [-0.2, -0.15) is 5.26 Å². The largest absolute Gasteiger partial charge is 0.368 e. The minimum Gasteiger partial charge on any atom is -0.368 e. The molecule has 4 aromatic rings. The van der Waals surface area contributed by atoms with Crippen LogP contribution in [0.4, 0.5) is 11.4 Å². The Kier molecular flexibility index (Phi) is 9.82. The first-order valence-electron chi connectivity index (χ1n) is 15.6. The van der Waals surface area contributed by atoms with Crippen LogP contribution in [-0.2, 0) is 17.9 Å². The van der Waals surface area contributed by atoms with Crippen molar-refractivity contribution < 1.29 is 9.59 Å². The lowest BCUT2D eigenvalue weighted by Crippen LogP contribution is -2.48. The van der Waals surface area contributed by atoms with Crippen molar-refractivity contribution in [2.45, 2.75) is 51.6 Å². The van der Waals surface area contributed by atoms with E-state index in [1.165, 1.54) is 37.0 Å². The molecular weight excluding hydrogens is 604 g/mol. The Hall–Kier alpha value is -4.13. The van der Waals surface area contributed by atoms with Gasteiger partial charge in [-0.05, 0) is 66.4 Å². The van der Waals surface area contributed by atoms with Crippen LogP contribution in [0.25, 0.3) is 0 Å². The third-order valence-corrected chi connectivity index (χ3v) is 10.2. The number of carbonyl (C=O) groups is 2. The van der Waals surface area contributed by atoms with Gasteiger partial charge >= 0.3 is 0 Å². The number of rotatable bonds is 10. The summed E-state index contributed by atoms with van der Waals surface area (Å²) < 4.78 is 2.69. The summed E-state index contributed by atoms with van der Waals surface area (Å²) in [7, 11) is 0. The third kappa shape index (κ3) is 7.58. The van der Waals surface area contributed by atoms with Crippen molar-refractivity contribution in [2.24, 2.45) is 5.92 Å². The van der Waals surface area contributed by atoms with Crippen molar-refractivity contribution in [3.63, 3.8) is 0 Å². The minimum absolute atomic E-state index is 0.0343. The van der Waals surface area contributed by atoms with Crippen LogP contribution in [0.1, 0.15) is 65.0 Å². The molecule has 8 nitrogen and oxygen atoms in total. The molecule has 2 aromatic carbocycles. The minimum atomic E-state index is 0.0343. The zero-order valence-electron chi connectivity index (χ0n) is 25.3. The van der Waals surface area contributed by atoms with Crippen molar-refractivity contribution in [1.82, 2.24) is 14.5 Å². The van der Waals surface area contributed by atoms with Crippen LogP contribution < -0.4 is 9.80 Å². The van der Waals surface area contributed by atoms with Crippen LogP contribution in [0.2, 0.25) is 4.34 Å². The molecule has 1 saturated carbocycles. The predicted octanol–water partition coefficient (Wildman–Crippen LogP) is 6.98. The molecule has 1 aliphatic heterocycles. The van der Waals surface area contributed by atoms with Crippen molar-refractivity contribution in [3.8, 4) is 6.07 Å². The van der Waals surface area contributed by atoms with Gasteiger partial charge < -0.3 is 19.3 Å². The fraction of sp³-hybridized carbons (Fsp3) is 0.371. The average molecular weight is 641 g/mol. The first-order chi connectivity index (χ1) is 22.0. The summed E-state index contributed by atoms with van der Waals surface area (Å²) in [5.41, 5.74) is 4.59. The van der Waals surface area contributed by atoms with Crippen LogP contribution >= 0.6 is 22.9 Å². The number of aromatic nitrogens is 2. The van der Waals surface area contributed by atoms with Gasteiger partial charge in [0, 0.05) is 56.7 Å². The Labute approximate surface area is 273 Å². The molecule has 1 aliphatic carbocycles. The average Bonchev–Trinajstić information content (AvgIpc) is 3.86. The number of hydrogen-bond donors (Lipinski definition) is 0. The van der Waals surface area contributed by atoms with Gasteiger partial charge in [-0.3, -0.25) is 9.59 Å². The van der Waals surface area contributed by atoms with Gasteiger partial charge in [0.05, 0.1) is 39.4 Å². The molecule has 0 radical (unpaired) electrons. The van der Waals surface area contributed by atoms with Crippen LogP contribution in [0.15, 0.2) is 73.2 Å².